The SMILES string of the molecule is [B][C@]12CC(C)CC1CC(OC)C2. The van der Waals surface area contributed by atoms with Crippen LogP contribution in [0.25, 0.3) is 0 Å². The van der Waals surface area contributed by atoms with Crippen LogP contribution in [0.5, 0.6) is 0 Å². The third-order valence-corrected chi connectivity index (χ3v) is 3.72. The Morgan fingerprint density at radius 1 is 1.33 bits per heavy atom. The molecule has 0 saturated heterocycles. The van der Waals surface area contributed by atoms with Crippen LogP contribution in [-0.4, -0.2) is 21.1 Å². The molecule has 66 valence electrons. The zero-order valence-corrected chi connectivity index (χ0v) is 8.05. The Bertz CT molecular complexity index is 183. The molecular weight excluding hydrogens is 147 g/mol. The largest absolute Gasteiger partial charge is 0.381 e. The third kappa shape index (κ3) is 1.21. The standard InChI is InChI=1S/C10H17BO/c1-7-3-8-4-9(12-2)6-10(8,11)5-7/h7-9H,3-6H2,1-2H3/t7?,8?,9?,10-/m0/s1. The van der Waals surface area contributed by atoms with E-state index < -0.39 is 0 Å². The maximum atomic E-state index is 6.34. The van der Waals surface area contributed by atoms with E-state index in [1.54, 1.807) is 7.11 Å². The number of hydrogen-bond donors (Lipinski definition) is 0. The summed E-state index contributed by atoms with van der Waals surface area (Å²) in [4.78, 5) is 0. The van der Waals surface area contributed by atoms with Crippen molar-refractivity contribution in [3.63, 3.8) is 0 Å². The predicted molar refractivity (Wildman–Crippen MR) is 50.4 cm³/mol. The van der Waals surface area contributed by atoms with Crippen LogP contribution in [0.4, 0.5) is 0 Å². The van der Waals surface area contributed by atoms with Crippen LogP contribution in [0.2, 0.25) is 5.31 Å². The molecule has 2 heteroatoms. The Balaban J connectivity index is 2.07. The molecule has 0 N–H and O–H groups in total. The molecule has 2 radical (unpaired) electrons. The molecule has 0 aromatic heterocycles. The summed E-state index contributed by atoms with van der Waals surface area (Å²) < 4.78 is 5.37. The van der Waals surface area contributed by atoms with Crippen molar-refractivity contribution in [2.24, 2.45) is 11.8 Å². The number of ether oxygens (including phenoxy) is 1. The maximum absolute atomic E-state index is 6.34. The molecule has 3 unspecified atom stereocenters. The van der Waals surface area contributed by atoms with Gasteiger partial charge in [0.2, 0.25) is 0 Å². The van der Waals surface area contributed by atoms with Gasteiger partial charge in [-0.2, -0.15) is 0 Å². The molecule has 0 spiro atoms. The molecule has 0 aromatic carbocycles. The number of hydrogen-bond acceptors (Lipinski definition) is 1. The molecule has 0 bridgehead atoms. The van der Waals surface area contributed by atoms with Gasteiger partial charge in [-0.15, -0.1) is 0 Å². The molecule has 12 heavy (non-hydrogen) atoms. The highest BCUT2D eigenvalue weighted by Crippen LogP contribution is 2.59. The third-order valence-electron chi connectivity index (χ3n) is 3.72. The van der Waals surface area contributed by atoms with Crippen LogP contribution in [0, 0.1) is 11.8 Å². The highest BCUT2D eigenvalue weighted by molar-refractivity contribution is 6.16. The molecule has 2 rings (SSSR count). The summed E-state index contributed by atoms with van der Waals surface area (Å²) in [6.45, 7) is 2.31. The first-order chi connectivity index (χ1) is 5.64. The lowest BCUT2D eigenvalue weighted by Gasteiger charge is -2.23. The molecule has 2 saturated carbocycles. The van der Waals surface area contributed by atoms with Crippen molar-refractivity contribution in [2.45, 2.75) is 44.0 Å². The highest BCUT2D eigenvalue weighted by Gasteiger charge is 2.48. The normalized spacial score (nSPS) is 52.7. The van der Waals surface area contributed by atoms with Gasteiger partial charge in [0, 0.05) is 7.11 Å². The fraction of sp³-hybridized carbons (Fsp3) is 1.00. The van der Waals surface area contributed by atoms with Gasteiger partial charge in [-0.1, -0.05) is 18.7 Å². The predicted octanol–water partition coefficient (Wildman–Crippen LogP) is 2.17. The summed E-state index contributed by atoms with van der Waals surface area (Å²) in [6, 6.07) is 0. The quantitative estimate of drug-likeness (QED) is 0.539. The summed E-state index contributed by atoms with van der Waals surface area (Å²) in [5, 5.41) is 0.125. The van der Waals surface area contributed by atoms with Crippen LogP contribution >= 0.6 is 0 Å². The lowest BCUT2D eigenvalue weighted by molar-refractivity contribution is 0.100. The van der Waals surface area contributed by atoms with Gasteiger partial charge in [0.15, 0.2) is 0 Å². The lowest BCUT2D eigenvalue weighted by Crippen LogP contribution is -2.12. The Hall–Kier alpha value is 0.0249. The lowest BCUT2D eigenvalue weighted by atomic mass is 9.63. The van der Waals surface area contributed by atoms with E-state index in [1.807, 2.05) is 0 Å². The van der Waals surface area contributed by atoms with Gasteiger partial charge in [-0.25, -0.2) is 0 Å². The van der Waals surface area contributed by atoms with Crippen molar-refractivity contribution in [2.75, 3.05) is 7.11 Å². The maximum Gasteiger partial charge on any atom is 0.0751 e. The van der Waals surface area contributed by atoms with Gasteiger partial charge in [0.25, 0.3) is 0 Å². The molecule has 4 atom stereocenters. The van der Waals surface area contributed by atoms with Crippen molar-refractivity contribution < 1.29 is 4.74 Å². The minimum Gasteiger partial charge on any atom is -0.381 e. The smallest absolute Gasteiger partial charge is 0.0751 e. The molecular formula is C10H17BO. The van der Waals surface area contributed by atoms with Crippen molar-refractivity contribution in [1.29, 1.82) is 0 Å². The molecule has 2 aliphatic rings. The highest BCUT2D eigenvalue weighted by atomic mass is 16.5. The van der Waals surface area contributed by atoms with E-state index in [0.29, 0.717) is 6.10 Å². The van der Waals surface area contributed by atoms with E-state index in [9.17, 15) is 0 Å². The van der Waals surface area contributed by atoms with E-state index in [2.05, 4.69) is 6.92 Å². The van der Waals surface area contributed by atoms with E-state index >= 15 is 0 Å². The summed E-state index contributed by atoms with van der Waals surface area (Å²) in [7, 11) is 8.14. The Morgan fingerprint density at radius 2 is 2.08 bits per heavy atom. The first-order valence-corrected chi connectivity index (χ1v) is 4.96. The zero-order chi connectivity index (χ0) is 8.77. The van der Waals surface area contributed by atoms with E-state index in [1.165, 1.54) is 19.3 Å². The molecule has 2 aliphatic carbocycles. The van der Waals surface area contributed by atoms with Crippen LogP contribution in [0.1, 0.15) is 32.6 Å². The van der Waals surface area contributed by atoms with Crippen LogP contribution in [0.15, 0.2) is 0 Å². The molecule has 0 aromatic rings. The summed E-state index contributed by atoms with van der Waals surface area (Å²) in [5.41, 5.74) is 0. The topological polar surface area (TPSA) is 9.23 Å². The second-order valence-electron chi connectivity index (χ2n) is 4.77. The fourth-order valence-corrected chi connectivity index (χ4v) is 3.20. The summed E-state index contributed by atoms with van der Waals surface area (Å²) in [5.74, 6) is 1.57. The fourth-order valence-electron chi connectivity index (χ4n) is 3.20. The van der Waals surface area contributed by atoms with Crippen molar-refractivity contribution >= 4 is 7.85 Å². The zero-order valence-electron chi connectivity index (χ0n) is 8.05. The first-order valence-electron chi connectivity index (χ1n) is 4.96. The number of rotatable bonds is 1. The average molecular weight is 164 g/mol. The van der Waals surface area contributed by atoms with Crippen LogP contribution in [-0.2, 0) is 4.74 Å². The van der Waals surface area contributed by atoms with Crippen molar-refractivity contribution in [1.82, 2.24) is 0 Å². The van der Waals surface area contributed by atoms with E-state index in [4.69, 9.17) is 12.6 Å². The summed E-state index contributed by atoms with van der Waals surface area (Å²) >= 11 is 0. The van der Waals surface area contributed by atoms with Gasteiger partial charge in [-0.05, 0) is 31.1 Å². The molecule has 0 aliphatic heterocycles. The average Bonchev–Trinajstić information content (AvgIpc) is 2.38. The van der Waals surface area contributed by atoms with Gasteiger partial charge < -0.3 is 4.74 Å². The van der Waals surface area contributed by atoms with Gasteiger partial charge in [0.05, 0.1) is 14.0 Å². The molecule has 2 fully saturated rings. The Morgan fingerprint density at radius 3 is 2.67 bits per heavy atom. The first kappa shape index (κ1) is 8.62. The molecule has 0 amide bonds. The second kappa shape index (κ2) is 2.76. The number of methoxy groups -OCH3 is 1. The van der Waals surface area contributed by atoms with E-state index in [0.717, 1.165) is 18.3 Å². The minimum absolute atomic E-state index is 0.125. The van der Waals surface area contributed by atoms with Gasteiger partial charge in [-0.3, -0.25) is 0 Å². The van der Waals surface area contributed by atoms with E-state index in [-0.39, 0.29) is 5.31 Å². The van der Waals surface area contributed by atoms with Gasteiger partial charge in [0.1, 0.15) is 0 Å². The van der Waals surface area contributed by atoms with Crippen molar-refractivity contribution in [3.8, 4) is 0 Å². The molecule has 0 heterocycles. The van der Waals surface area contributed by atoms with Gasteiger partial charge >= 0.3 is 0 Å². The number of fused-ring (bicyclic) bond motifs is 1. The van der Waals surface area contributed by atoms with Crippen LogP contribution in [0.3, 0.4) is 0 Å². The monoisotopic (exact) mass is 164 g/mol. The minimum atomic E-state index is 0.125. The molecule has 1 nitrogen and oxygen atoms in total. The summed E-state index contributed by atoms with van der Waals surface area (Å²) in [6.07, 6.45) is 5.23. The Kier molecular flexibility index (Phi) is 1.98. The Labute approximate surface area is 76.3 Å². The van der Waals surface area contributed by atoms with Crippen LogP contribution < -0.4 is 0 Å². The van der Waals surface area contributed by atoms with Crippen molar-refractivity contribution in [3.05, 3.63) is 0 Å². The second-order valence-corrected chi connectivity index (χ2v) is 4.77.